The zero-order valence-electron chi connectivity index (χ0n) is 6.04. The summed E-state index contributed by atoms with van der Waals surface area (Å²) >= 11 is 4.70. The van der Waals surface area contributed by atoms with Crippen molar-refractivity contribution in [3.8, 4) is 0 Å². The van der Waals surface area contributed by atoms with Crippen LogP contribution in [0.4, 0.5) is 0 Å². The van der Waals surface area contributed by atoms with E-state index in [4.69, 9.17) is 17.0 Å². The molecule has 5 heteroatoms. The number of hydrogen-bond acceptors (Lipinski definition) is 4. The molecule has 0 spiro atoms. The van der Waals surface area contributed by atoms with Crippen LogP contribution in [0.1, 0.15) is 11.8 Å². The van der Waals surface area contributed by atoms with Crippen molar-refractivity contribution in [2.24, 2.45) is 10.2 Å². The summed E-state index contributed by atoms with van der Waals surface area (Å²) in [6.45, 7) is 0. The highest BCUT2D eigenvalue weighted by molar-refractivity contribution is 7.80. The van der Waals surface area contributed by atoms with Crippen molar-refractivity contribution in [1.82, 2.24) is 4.98 Å². The van der Waals surface area contributed by atoms with Crippen LogP contribution in [-0.2, 0) is 4.74 Å². The van der Waals surface area contributed by atoms with Gasteiger partial charge in [0, 0.05) is 18.0 Å². The van der Waals surface area contributed by atoms with Crippen molar-refractivity contribution >= 4 is 17.4 Å². The van der Waals surface area contributed by atoms with E-state index in [1.807, 2.05) is 12.1 Å². The second-order valence-corrected chi connectivity index (χ2v) is 2.58. The van der Waals surface area contributed by atoms with Crippen LogP contribution in [0.25, 0.3) is 0 Å². The Hall–Kier alpha value is -1.36. The Kier molecular flexibility index (Phi) is 1.79. The van der Waals surface area contributed by atoms with E-state index in [0.717, 1.165) is 5.56 Å². The van der Waals surface area contributed by atoms with Crippen LogP contribution in [0.15, 0.2) is 34.8 Å². The normalized spacial score (nSPS) is 21.0. The SMILES string of the molecule is S=C1N=NC(c2ccncc2)O1. The first-order valence-corrected chi connectivity index (χ1v) is 3.78. The molecule has 0 aliphatic carbocycles. The van der Waals surface area contributed by atoms with Crippen molar-refractivity contribution < 1.29 is 4.74 Å². The molecule has 1 aliphatic rings. The molecule has 0 saturated carbocycles. The molecule has 1 aromatic rings. The number of rotatable bonds is 1. The lowest BCUT2D eigenvalue weighted by molar-refractivity contribution is 0.227. The summed E-state index contributed by atoms with van der Waals surface area (Å²) < 4.78 is 5.12. The number of thiocarbonyl (C=S) groups is 1. The third kappa shape index (κ3) is 1.31. The van der Waals surface area contributed by atoms with Gasteiger partial charge in [-0.05, 0) is 24.4 Å². The number of azo groups is 1. The van der Waals surface area contributed by atoms with Gasteiger partial charge >= 0.3 is 5.17 Å². The van der Waals surface area contributed by atoms with E-state index in [1.165, 1.54) is 0 Å². The Labute approximate surface area is 74.3 Å². The highest BCUT2D eigenvalue weighted by atomic mass is 32.1. The van der Waals surface area contributed by atoms with Crippen LogP contribution in [-0.4, -0.2) is 10.2 Å². The summed E-state index contributed by atoms with van der Waals surface area (Å²) in [7, 11) is 0. The molecule has 0 fully saturated rings. The highest BCUT2D eigenvalue weighted by Crippen LogP contribution is 2.23. The molecule has 1 unspecified atom stereocenters. The highest BCUT2D eigenvalue weighted by Gasteiger charge is 2.18. The van der Waals surface area contributed by atoms with Gasteiger partial charge in [0.25, 0.3) is 0 Å². The van der Waals surface area contributed by atoms with Gasteiger partial charge in [-0.3, -0.25) is 4.98 Å². The van der Waals surface area contributed by atoms with E-state index in [2.05, 4.69) is 15.2 Å². The monoisotopic (exact) mass is 179 g/mol. The fourth-order valence-corrected chi connectivity index (χ4v) is 1.04. The largest absolute Gasteiger partial charge is 0.436 e. The van der Waals surface area contributed by atoms with Gasteiger partial charge in [-0.25, -0.2) is 0 Å². The van der Waals surface area contributed by atoms with Crippen molar-refractivity contribution in [1.29, 1.82) is 0 Å². The van der Waals surface area contributed by atoms with Crippen LogP contribution in [0.5, 0.6) is 0 Å². The first-order valence-electron chi connectivity index (χ1n) is 3.37. The van der Waals surface area contributed by atoms with Crippen molar-refractivity contribution in [3.63, 3.8) is 0 Å². The maximum Gasteiger partial charge on any atom is 0.304 e. The molecular weight excluding hydrogens is 174 g/mol. The maximum atomic E-state index is 5.12. The van der Waals surface area contributed by atoms with Gasteiger partial charge in [-0.15, -0.1) is 10.2 Å². The van der Waals surface area contributed by atoms with Gasteiger partial charge in [0.2, 0.25) is 6.23 Å². The number of ether oxygens (including phenoxy) is 1. The topological polar surface area (TPSA) is 46.8 Å². The third-order valence-corrected chi connectivity index (χ3v) is 1.63. The lowest BCUT2D eigenvalue weighted by atomic mass is 10.2. The standard InChI is InChI=1S/C7H5N3OS/c12-7-10-9-6(11-7)5-1-3-8-4-2-5/h1-4,6H. The van der Waals surface area contributed by atoms with Crippen molar-refractivity contribution in [2.75, 3.05) is 0 Å². The summed E-state index contributed by atoms with van der Waals surface area (Å²) in [5.41, 5.74) is 0.911. The molecule has 12 heavy (non-hydrogen) atoms. The van der Waals surface area contributed by atoms with Crippen molar-refractivity contribution in [3.05, 3.63) is 30.1 Å². The third-order valence-electron chi connectivity index (χ3n) is 1.45. The van der Waals surface area contributed by atoms with E-state index in [-0.39, 0.29) is 11.4 Å². The summed E-state index contributed by atoms with van der Waals surface area (Å²) in [4.78, 5) is 3.88. The van der Waals surface area contributed by atoms with E-state index < -0.39 is 0 Å². The first-order chi connectivity index (χ1) is 5.86. The molecule has 1 aromatic heterocycles. The molecule has 2 heterocycles. The Morgan fingerprint density at radius 2 is 2.08 bits per heavy atom. The maximum absolute atomic E-state index is 5.12. The number of aromatic nitrogens is 1. The van der Waals surface area contributed by atoms with Crippen LogP contribution >= 0.6 is 12.2 Å². The fourth-order valence-electron chi connectivity index (χ4n) is 0.905. The molecule has 0 bridgehead atoms. The predicted molar refractivity (Wildman–Crippen MR) is 45.5 cm³/mol. The van der Waals surface area contributed by atoms with E-state index >= 15 is 0 Å². The number of nitrogens with zero attached hydrogens (tertiary/aromatic N) is 3. The molecule has 1 atom stereocenters. The molecule has 0 N–H and O–H groups in total. The molecule has 1 aliphatic heterocycles. The smallest absolute Gasteiger partial charge is 0.304 e. The second-order valence-electron chi connectivity index (χ2n) is 2.23. The molecule has 0 saturated heterocycles. The molecular formula is C7H5N3OS. The van der Waals surface area contributed by atoms with Crippen LogP contribution in [0, 0.1) is 0 Å². The van der Waals surface area contributed by atoms with Crippen molar-refractivity contribution in [2.45, 2.75) is 6.23 Å². The minimum absolute atomic E-state index is 0.191. The Morgan fingerprint density at radius 1 is 1.33 bits per heavy atom. The fraction of sp³-hybridized carbons (Fsp3) is 0.143. The lowest BCUT2D eigenvalue weighted by Crippen LogP contribution is -1.97. The summed E-state index contributed by atoms with van der Waals surface area (Å²) in [5.74, 6) is 0. The Morgan fingerprint density at radius 3 is 2.67 bits per heavy atom. The number of hydrogen-bond donors (Lipinski definition) is 0. The lowest BCUT2D eigenvalue weighted by Gasteiger charge is -2.04. The average molecular weight is 179 g/mol. The van der Waals surface area contributed by atoms with E-state index in [9.17, 15) is 0 Å². The quantitative estimate of drug-likeness (QED) is 0.618. The second kappa shape index (κ2) is 2.94. The van der Waals surface area contributed by atoms with Crippen LogP contribution in [0.3, 0.4) is 0 Å². The van der Waals surface area contributed by atoms with Gasteiger partial charge in [0.15, 0.2) is 0 Å². The summed E-state index contributed by atoms with van der Waals surface area (Å²) in [6, 6.07) is 3.63. The zero-order chi connectivity index (χ0) is 8.39. The molecule has 60 valence electrons. The Balaban J connectivity index is 2.23. The molecule has 0 amide bonds. The minimum Gasteiger partial charge on any atom is -0.436 e. The first kappa shape index (κ1) is 7.30. The average Bonchev–Trinajstić information content (AvgIpc) is 2.54. The van der Waals surface area contributed by atoms with Gasteiger partial charge in [-0.2, -0.15) is 0 Å². The zero-order valence-corrected chi connectivity index (χ0v) is 6.86. The van der Waals surface area contributed by atoms with E-state index in [1.54, 1.807) is 12.4 Å². The van der Waals surface area contributed by atoms with E-state index in [0.29, 0.717) is 0 Å². The van der Waals surface area contributed by atoms with Crippen LogP contribution < -0.4 is 0 Å². The van der Waals surface area contributed by atoms with Gasteiger partial charge in [0.05, 0.1) is 0 Å². The molecule has 0 aromatic carbocycles. The van der Waals surface area contributed by atoms with Gasteiger partial charge in [0.1, 0.15) is 0 Å². The van der Waals surface area contributed by atoms with Crippen LogP contribution in [0.2, 0.25) is 0 Å². The predicted octanol–water partition coefficient (Wildman–Crippen LogP) is 1.85. The van der Waals surface area contributed by atoms with Gasteiger partial charge in [-0.1, -0.05) is 0 Å². The summed E-state index contributed by atoms with van der Waals surface area (Å²) in [6.07, 6.45) is 2.98. The molecule has 4 nitrogen and oxygen atoms in total. The molecule has 2 rings (SSSR count). The minimum atomic E-state index is -0.375. The molecule has 0 radical (unpaired) electrons. The van der Waals surface area contributed by atoms with Gasteiger partial charge < -0.3 is 4.74 Å². The Bertz CT molecular complexity index is 325. The summed E-state index contributed by atoms with van der Waals surface area (Å²) in [5, 5.41) is 7.62. The number of pyridine rings is 1.